The van der Waals surface area contributed by atoms with Crippen molar-refractivity contribution < 1.29 is 18.0 Å². The topological polar surface area (TPSA) is 110 Å². The van der Waals surface area contributed by atoms with Crippen molar-refractivity contribution in [2.45, 2.75) is 17.7 Å². The number of rotatable bonds is 5. The molecular formula is C13H16BrN3O4S. The quantitative estimate of drug-likeness (QED) is 0.761. The molecule has 0 unspecified atom stereocenters. The molecule has 120 valence electrons. The number of nitrogens with one attached hydrogen (secondary N) is 1. The van der Waals surface area contributed by atoms with E-state index in [0.717, 1.165) is 12.8 Å². The van der Waals surface area contributed by atoms with Crippen molar-refractivity contribution in [2.24, 2.45) is 5.73 Å². The Balaban J connectivity index is 2.30. The Kier molecular flexibility index (Phi) is 5.20. The first kappa shape index (κ1) is 16.9. The first-order valence-corrected chi connectivity index (χ1v) is 8.92. The predicted molar refractivity (Wildman–Crippen MR) is 83.7 cm³/mol. The molecule has 1 aromatic carbocycles. The third kappa shape index (κ3) is 3.65. The number of amides is 2. The summed E-state index contributed by atoms with van der Waals surface area (Å²) in [7, 11) is -3.60. The zero-order valence-corrected chi connectivity index (χ0v) is 14.1. The van der Waals surface area contributed by atoms with E-state index in [1.807, 2.05) is 0 Å². The number of halogens is 1. The van der Waals surface area contributed by atoms with Gasteiger partial charge in [0.25, 0.3) is 5.91 Å². The van der Waals surface area contributed by atoms with Gasteiger partial charge in [0.05, 0.1) is 17.0 Å². The molecule has 1 fully saturated rings. The van der Waals surface area contributed by atoms with Crippen molar-refractivity contribution in [3.8, 4) is 0 Å². The summed E-state index contributed by atoms with van der Waals surface area (Å²) < 4.78 is 26.8. The highest BCUT2D eigenvalue weighted by atomic mass is 79.9. The maximum atomic E-state index is 12.5. The Morgan fingerprint density at radius 1 is 1.27 bits per heavy atom. The Labute approximate surface area is 137 Å². The lowest BCUT2D eigenvalue weighted by molar-refractivity contribution is -0.117. The Morgan fingerprint density at radius 3 is 2.50 bits per heavy atom. The molecule has 9 heteroatoms. The van der Waals surface area contributed by atoms with E-state index >= 15 is 0 Å². The van der Waals surface area contributed by atoms with Gasteiger partial charge in [-0.3, -0.25) is 9.59 Å². The van der Waals surface area contributed by atoms with Crippen LogP contribution in [0.4, 0.5) is 0 Å². The molecule has 1 heterocycles. The standard InChI is InChI=1S/C13H16BrN3O4S/c14-11-4-3-9(22(20,21)17-5-1-2-6-17)7-10(11)13(19)16-8-12(15)18/h3-4,7H,1-2,5-6,8H2,(H2,15,18)(H,16,19). The van der Waals surface area contributed by atoms with Crippen LogP contribution < -0.4 is 11.1 Å². The number of carbonyl (C=O) groups is 2. The molecule has 22 heavy (non-hydrogen) atoms. The fraction of sp³-hybridized carbons (Fsp3) is 0.385. The maximum absolute atomic E-state index is 12.5. The Bertz CT molecular complexity index is 699. The van der Waals surface area contributed by atoms with E-state index in [2.05, 4.69) is 21.2 Å². The van der Waals surface area contributed by atoms with E-state index in [1.165, 1.54) is 22.5 Å². The second-order valence-electron chi connectivity index (χ2n) is 4.90. The van der Waals surface area contributed by atoms with Gasteiger partial charge in [0.2, 0.25) is 15.9 Å². The van der Waals surface area contributed by atoms with E-state index in [-0.39, 0.29) is 17.0 Å². The zero-order chi connectivity index (χ0) is 16.3. The largest absolute Gasteiger partial charge is 0.368 e. The highest BCUT2D eigenvalue weighted by Crippen LogP contribution is 2.25. The van der Waals surface area contributed by atoms with Crippen molar-refractivity contribution >= 4 is 37.8 Å². The lowest BCUT2D eigenvalue weighted by atomic mass is 10.2. The first-order chi connectivity index (χ1) is 10.3. The van der Waals surface area contributed by atoms with Crippen molar-refractivity contribution in [3.63, 3.8) is 0 Å². The molecule has 0 aromatic heterocycles. The normalized spacial score (nSPS) is 15.7. The molecule has 1 aromatic rings. The molecule has 0 radical (unpaired) electrons. The summed E-state index contributed by atoms with van der Waals surface area (Å²) in [4.78, 5) is 22.8. The molecule has 1 saturated heterocycles. The van der Waals surface area contributed by atoms with Crippen LogP contribution in [0.3, 0.4) is 0 Å². The van der Waals surface area contributed by atoms with Gasteiger partial charge < -0.3 is 11.1 Å². The van der Waals surface area contributed by atoms with Crippen LogP contribution in [0.25, 0.3) is 0 Å². The second-order valence-corrected chi connectivity index (χ2v) is 7.69. The molecule has 7 nitrogen and oxygen atoms in total. The molecular weight excluding hydrogens is 374 g/mol. The number of hydrogen-bond donors (Lipinski definition) is 2. The second kappa shape index (κ2) is 6.76. The lowest BCUT2D eigenvalue weighted by Crippen LogP contribution is -2.33. The van der Waals surface area contributed by atoms with Gasteiger partial charge in [-0.05, 0) is 47.0 Å². The van der Waals surface area contributed by atoms with Gasteiger partial charge >= 0.3 is 0 Å². The van der Waals surface area contributed by atoms with Gasteiger partial charge in [-0.15, -0.1) is 0 Å². The molecule has 2 amide bonds. The average Bonchev–Trinajstić information content (AvgIpc) is 2.99. The predicted octanol–water partition coefficient (Wildman–Crippen LogP) is 0.449. The van der Waals surface area contributed by atoms with Gasteiger partial charge in [-0.25, -0.2) is 8.42 Å². The third-order valence-electron chi connectivity index (χ3n) is 3.31. The molecule has 0 atom stereocenters. The maximum Gasteiger partial charge on any atom is 0.252 e. The fourth-order valence-corrected chi connectivity index (χ4v) is 4.15. The summed E-state index contributed by atoms with van der Waals surface area (Å²) in [6.45, 7) is 0.664. The number of nitrogens with two attached hydrogens (primary N) is 1. The number of nitrogens with zero attached hydrogens (tertiary/aromatic N) is 1. The lowest BCUT2D eigenvalue weighted by Gasteiger charge is -2.16. The summed E-state index contributed by atoms with van der Waals surface area (Å²) in [6.07, 6.45) is 1.67. The zero-order valence-electron chi connectivity index (χ0n) is 11.7. The van der Waals surface area contributed by atoms with Crippen molar-refractivity contribution in [1.82, 2.24) is 9.62 Å². The van der Waals surface area contributed by atoms with Crippen LogP contribution in [-0.2, 0) is 14.8 Å². The van der Waals surface area contributed by atoms with Crippen LogP contribution >= 0.6 is 15.9 Å². The molecule has 0 bridgehead atoms. The first-order valence-electron chi connectivity index (χ1n) is 6.68. The summed E-state index contributed by atoms with van der Waals surface area (Å²) in [6, 6.07) is 4.25. The van der Waals surface area contributed by atoms with E-state index in [0.29, 0.717) is 17.6 Å². The number of primary amides is 1. The van der Waals surface area contributed by atoms with Gasteiger partial charge in [-0.2, -0.15) is 4.31 Å². The molecule has 1 aliphatic rings. The van der Waals surface area contributed by atoms with Crippen LogP contribution in [-0.4, -0.2) is 44.2 Å². The van der Waals surface area contributed by atoms with Crippen LogP contribution in [0.2, 0.25) is 0 Å². The van der Waals surface area contributed by atoms with Gasteiger partial charge in [0.15, 0.2) is 0 Å². The number of sulfonamides is 1. The molecule has 0 saturated carbocycles. The highest BCUT2D eigenvalue weighted by molar-refractivity contribution is 9.10. The molecule has 0 aliphatic carbocycles. The van der Waals surface area contributed by atoms with Crippen LogP contribution in [0.15, 0.2) is 27.6 Å². The number of carbonyl (C=O) groups excluding carboxylic acids is 2. The molecule has 3 N–H and O–H groups in total. The van der Waals surface area contributed by atoms with Crippen molar-refractivity contribution in [3.05, 3.63) is 28.2 Å². The van der Waals surface area contributed by atoms with Crippen LogP contribution in [0, 0.1) is 0 Å². The minimum absolute atomic E-state index is 0.0572. The summed E-state index contributed by atoms with van der Waals surface area (Å²) in [5.41, 5.74) is 5.11. The van der Waals surface area contributed by atoms with Gasteiger partial charge in [0, 0.05) is 17.6 Å². The minimum atomic E-state index is -3.60. The van der Waals surface area contributed by atoms with E-state index < -0.39 is 21.8 Å². The van der Waals surface area contributed by atoms with Gasteiger partial charge in [-0.1, -0.05) is 0 Å². The Morgan fingerprint density at radius 2 is 1.91 bits per heavy atom. The SMILES string of the molecule is NC(=O)CNC(=O)c1cc(S(=O)(=O)N2CCCC2)ccc1Br. The van der Waals surface area contributed by atoms with Crippen molar-refractivity contribution in [1.29, 1.82) is 0 Å². The average molecular weight is 390 g/mol. The van der Waals surface area contributed by atoms with E-state index in [9.17, 15) is 18.0 Å². The monoisotopic (exact) mass is 389 g/mol. The molecule has 1 aliphatic heterocycles. The minimum Gasteiger partial charge on any atom is -0.368 e. The molecule has 0 spiro atoms. The smallest absolute Gasteiger partial charge is 0.252 e. The van der Waals surface area contributed by atoms with Gasteiger partial charge in [0.1, 0.15) is 0 Å². The summed E-state index contributed by atoms with van der Waals surface area (Å²) >= 11 is 3.20. The number of hydrogen-bond acceptors (Lipinski definition) is 4. The van der Waals surface area contributed by atoms with Crippen molar-refractivity contribution in [2.75, 3.05) is 19.6 Å². The summed E-state index contributed by atoms with van der Waals surface area (Å²) in [5.74, 6) is -1.24. The fourth-order valence-electron chi connectivity index (χ4n) is 2.18. The van der Waals surface area contributed by atoms with Crippen LogP contribution in [0.1, 0.15) is 23.2 Å². The van der Waals surface area contributed by atoms with E-state index in [4.69, 9.17) is 5.73 Å². The highest BCUT2D eigenvalue weighted by Gasteiger charge is 2.28. The Hall–Kier alpha value is -1.45. The summed E-state index contributed by atoms with van der Waals surface area (Å²) in [5, 5.41) is 2.34. The number of benzene rings is 1. The van der Waals surface area contributed by atoms with E-state index in [1.54, 1.807) is 0 Å². The molecule has 2 rings (SSSR count). The third-order valence-corrected chi connectivity index (χ3v) is 5.89. The van der Waals surface area contributed by atoms with Crippen LogP contribution in [0.5, 0.6) is 0 Å².